The Bertz CT molecular complexity index is 671. The minimum absolute atomic E-state index is 0.0201. The van der Waals surface area contributed by atoms with Gasteiger partial charge in [-0.1, -0.05) is 27.3 Å². The third-order valence-electron chi connectivity index (χ3n) is 2.60. The van der Waals surface area contributed by atoms with E-state index in [1.807, 2.05) is 0 Å². The van der Waals surface area contributed by atoms with Gasteiger partial charge in [0.05, 0.1) is 5.69 Å². The van der Waals surface area contributed by atoms with Gasteiger partial charge in [-0.3, -0.25) is 4.40 Å². The summed E-state index contributed by atoms with van der Waals surface area (Å²) in [6.45, 7) is 11.8. The first-order valence-electron chi connectivity index (χ1n) is 5.48. The van der Waals surface area contributed by atoms with Crippen LogP contribution in [0.3, 0.4) is 0 Å². The topological polar surface area (TPSA) is 34.5 Å². The fourth-order valence-electron chi connectivity index (χ4n) is 1.79. The molecule has 0 aliphatic rings. The lowest BCUT2D eigenvalue weighted by molar-refractivity contribution is -0.143. The smallest absolute Gasteiger partial charge is 0.360 e. The van der Waals surface area contributed by atoms with Crippen LogP contribution in [-0.4, -0.2) is 14.4 Å². The van der Waals surface area contributed by atoms with E-state index in [2.05, 4.69) is 14.8 Å². The minimum atomic E-state index is -4.52. The molecule has 7 heteroatoms. The molecule has 0 bridgehead atoms. The maximum Gasteiger partial charge on any atom is 0.433 e. The number of imidazole rings is 1. The van der Waals surface area contributed by atoms with Gasteiger partial charge < -0.3 is 4.85 Å². The van der Waals surface area contributed by atoms with Crippen LogP contribution in [0.2, 0.25) is 0 Å². The molecule has 0 unspecified atom stereocenters. The molecule has 0 atom stereocenters. The molecular formula is C12H11F3N4. The number of hydrogen-bond donors (Lipinski definition) is 0. The molecule has 4 nitrogen and oxygen atoms in total. The van der Waals surface area contributed by atoms with Crippen LogP contribution in [0.1, 0.15) is 32.2 Å². The van der Waals surface area contributed by atoms with Crippen molar-refractivity contribution in [2.45, 2.75) is 32.4 Å². The molecule has 0 aromatic carbocycles. The van der Waals surface area contributed by atoms with Gasteiger partial charge in [-0.25, -0.2) is 4.98 Å². The molecule has 0 fully saturated rings. The Morgan fingerprint density at radius 3 is 2.37 bits per heavy atom. The lowest BCUT2D eigenvalue weighted by atomic mass is 9.90. The number of fused-ring (bicyclic) bond motifs is 1. The van der Waals surface area contributed by atoms with Gasteiger partial charge in [-0.2, -0.15) is 13.2 Å². The van der Waals surface area contributed by atoms with E-state index in [0.717, 1.165) is 10.7 Å². The Morgan fingerprint density at radius 2 is 1.89 bits per heavy atom. The summed E-state index contributed by atoms with van der Waals surface area (Å²) in [4.78, 5) is 10.8. The monoisotopic (exact) mass is 268 g/mol. The van der Waals surface area contributed by atoms with Crippen LogP contribution in [-0.2, 0) is 11.6 Å². The molecule has 0 N–H and O–H groups in total. The summed E-state index contributed by atoms with van der Waals surface area (Å²) in [6.07, 6.45) is -3.53. The van der Waals surface area contributed by atoms with Gasteiger partial charge in [-0.05, 0) is 0 Å². The van der Waals surface area contributed by atoms with E-state index < -0.39 is 17.3 Å². The standard InChI is InChI=1S/C12H11F3N4/c1-11(2,3)9-10(12(13,14)15)19-6-17-7(16-4)5-8(19)18-9/h5-6H,1-3H3. The zero-order chi connectivity index (χ0) is 14.4. The van der Waals surface area contributed by atoms with Crippen molar-refractivity contribution in [1.29, 1.82) is 0 Å². The molecule has 0 spiro atoms. The summed E-state index contributed by atoms with van der Waals surface area (Å²) in [5.74, 6) is 0.0201. The van der Waals surface area contributed by atoms with Gasteiger partial charge >= 0.3 is 6.18 Å². The van der Waals surface area contributed by atoms with Crippen molar-refractivity contribution in [3.05, 3.63) is 35.2 Å². The second-order valence-electron chi connectivity index (χ2n) is 5.14. The van der Waals surface area contributed by atoms with E-state index in [0.29, 0.717) is 0 Å². The summed E-state index contributed by atoms with van der Waals surface area (Å²) in [6, 6.07) is 1.25. The van der Waals surface area contributed by atoms with E-state index in [1.54, 1.807) is 20.8 Å². The minimum Gasteiger partial charge on any atom is -0.360 e. The Labute approximate surface area is 107 Å². The van der Waals surface area contributed by atoms with Crippen molar-refractivity contribution in [3.8, 4) is 0 Å². The molecule has 0 radical (unpaired) electrons. The van der Waals surface area contributed by atoms with E-state index in [4.69, 9.17) is 6.57 Å². The molecule has 19 heavy (non-hydrogen) atoms. The second kappa shape index (κ2) is 3.95. The Kier molecular flexibility index (Phi) is 2.77. The highest BCUT2D eigenvalue weighted by Crippen LogP contribution is 2.37. The Morgan fingerprint density at radius 1 is 1.26 bits per heavy atom. The fourth-order valence-corrected chi connectivity index (χ4v) is 1.79. The van der Waals surface area contributed by atoms with E-state index in [9.17, 15) is 13.2 Å². The molecule has 0 aliphatic heterocycles. The molecule has 0 aliphatic carbocycles. The zero-order valence-corrected chi connectivity index (χ0v) is 10.6. The molecular weight excluding hydrogens is 257 g/mol. The summed E-state index contributed by atoms with van der Waals surface area (Å²) in [5.41, 5.74) is -1.56. The Hall–Kier alpha value is -2.10. The summed E-state index contributed by atoms with van der Waals surface area (Å²) in [7, 11) is 0. The fraction of sp³-hybridized carbons (Fsp3) is 0.417. The third kappa shape index (κ3) is 2.26. The first kappa shape index (κ1) is 13.3. The lowest BCUT2D eigenvalue weighted by Crippen LogP contribution is -2.20. The van der Waals surface area contributed by atoms with Crippen molar-refractivity contribution in [3.63, 3.8) is 0 Å². The van der Waals surface area contributed by atoms with Crippen LogP contribution in [0, 0.1) is 6.57 Å². The molecule has 0 saturated carbocycles. The number of alkyl halides is 3. The molecule has 2 heterocycles. The van der Waals surface area contributed by atoms with Crippen LogP contribution < -0.4 is 0 Å². The van der Waals surface area contributed by atoms with Gasteiger partial charge in [0.25, 0.3) is 5.82 Å². The average molecular weight is 268 g/mol. The van der Waals surface area contributed by atoms with E-state index >= 15 is 0 Å². The predicted molar refractivity (Wildman–Crippen MR) is 63.0 cm³/mol. The maximum absolute atomic E-state index is 13.2. The van der Waals surface area contributed by atoms with Crippen molar-refractivity contribution >= 4 is 11.5 Å². The first-order chi connectivity index (χ1) is 8.64. The van der Waals surface area contributed by atoms with Crippen molar-refractivity contribution in [1.82, 2.24) is 14.4 Å². The molecule has 2 aromatic rings. The number of hydrogen-bond acceptors (Lipinski definition) is 2. The molecule has 2 aromatic heterocycles. The highest BCUT2D eigenvalue weighted by atomic mass is 19.4. The SMILES string of the molecule is [C-]#[N+]c1cc2nc(C(C)(C)C)c(C(F)(F)F)n2cn1. The van der Waals surface area contributed by atoms with Crippen LogP contribution in [0.5, 0.6) is 0 Å². The van der Waals surface area contributed by atoms with Gasteiger partial charge in [0.15, 0.2) is 12.0 Å². The van der Waals surface area contributed by atoms with Crippen LogP contribution in [0.4, 0.5) is 19.0 Å². The van der Waals surface area contributed by atoms with Gasteiger partial charge in [-0.15, -0.1) is 4.98 Å². The number of halogens is 3. The van der Waals surface area contributed by atoms with E-state index in [1.165, 1.54) is 6.07 Å². The molecule has 0 saturated heterocycles. The number of aromatic nitrogens is 3. The molecule has 2 rings (SSSR count). The van der Waals surface area contributed by atoms with Crippen molar-refractivity contribution < 1.29 is 13.2 Å². The summed E-state index contributed by atoms with van der Waals surface area (Å²) >= 11 is 0. The van der Waals surface area contributed by atoms with Crippen molar-refractivity contribution in [2.75, 3.05) is 0 Å². The second-order valence-corrected chi connectivity index (χ2v) is 5.14. The molecule has 100 valence electrons. The van der Waals surface area contributed by atoms with E-state index in [-0.39, 0.29) is 17.2 Å². The molecule has 0 amide bonds. The largest absolute Gasteiger partial charge is 0.433 e. The summed E-state index contributed by atoms with van der Waals surface area (Å²) in [5, 5.41) is 0. The quantitative estimate of drug-likeness (QED) is 0.684. The van der Waals surface area contributed by atoms with Crippen LogP contribution in [0.25, 0.3) is 10.5 Å². The van der Waals surface area contributed by atoms with Crippen LogP contribution >= 0.6 is 0 Å². The number of rotatable bonds is 0. The zero-order valence-electron chi connectivity index (χ0n) is 10.6. The predicted octanol–water partition coefficient (Wildman–Crippen LogP) is 3.60. The number of nitrogens with zero attached hydrogens (tertiary/aromatic N) is 4. The lowest BCUT2D eigenvalue weighted by Gasteiger charge is -2.18. The summed E-state index contributed by atoms with van der Waals surface area (Å²) < 4.78 is 40.4. The van der Waals surface area contributed by atoms with Crippen LogP contribution in [0.15, 0.2) is 12.4 Å². The van der Waals surface area contributed by atoms with Gasteiger partial charge in [0.1, 0.15) is 5.65 Å². The normalized spacial score (nSPS) is 12.7. The van der Waals surface area contributed by atoms with Crippen molar-refractivity contribution in [2.24, 2.45) is 0 Å². The average Bonchev–Trinajstić information content (AvgIpc) is 2.66. The Balaban J connectivity index is 2.86. The highest BCUT2D eigenvalue weighted by molar-refractivity contribution is 5.53. The first-order valence-corrected chi connectivity index (χ1v) is 5.48. The third-order valence-corrected chi connectivity index (χ3v) is 2.60. The van der Waals surface area contributed by atoms with Gasteiger partial charge in [0.2, 0.25) is 0 Å². The maximum atomic E-state index is 13.2. The van der Waals surface area contributed by atoms with Gasteiger partial charge in [0, 0.05) is 11.5 Å². The highest BCUT2D eigenvalue weighted by Gasteiger charge is 2.41.